The van der Waals surface area contributed by atoms with E-state index in [1.807, 2.05) is 4.90 Å². The van der Waals surface area contributed by atoms with Gasteiger partial charge in [-0.15, -0.1) is 11.3 Å². The Morgan fingerprint density at radius 2 is 1.92 bits per heavy atom. The lowest BCUT2D eigenvalue weighted by atomic mass is 10.1. The fourth-order valence-electron chi connectivity index (χ4n) is 3.03. The highest BCUT2D eigenvalue weighted by Crippen LogP contribution is 2.12. The molecular weight excluding hydrogens is 350 g/mol. The first-order chi connectivity index (χ1) is 12.7. The third-order valence-electron chi connectivity index (χ3n) is 4.42. The maximum Gasteiger partial charge on any atom is 0.411 e. The summed E-state index contributed by atoms with van der Waals surface area (Å²) in [4.78, 5) is 28.9. The van der Waals surface area contributed by atoms with Crippen LogP contribution in [0, 0.1) is 0 Å². The van der Waals surface area contributed by atoms with Gasteiger partial charge in [-0.25, -0.2) is 4.79 Å². The van der Waals surface area contributed by atoms with Crippen LogP contribution in [-0.4, -0.2) is 49.7 Å². The van der Waals surface area contributed by atoms with E-state index in [9.17, 15) is 9.59 Å². The number of benzene rings is 1. The molecule has 3 rings (SSSR count). The highest BCUT2D eigenvalue weighted by molar-refractivity contribution is 7.09. The van der Waals surface area contributed by atoms with Crippen LogP contribution in [0.25, 0.3) is 0 Å². The fraction of sp³-hybridized carbons (Fsp3) is 0.368. The molecule has 2 aromatic rings. The topological polar surface area (TPSA) is 63.1 Å². The normalized spacial score (nSPS) is 14.9. The summed E-state index contributed by atoms with van der Waals surface area (Å²) in [6, 6.07) is 11.2. The molecule has 2 heterocycles. The average molecular weight is 374 g/mol. The molecule has 0 bridgehead atoms. The standard InChI is InChI=1S/C19H23N3O3S/c1-2-25-19(24)20-16-7-5-15(6-8-16)18(23)22-11-9-21(10-12-22)14-17-4-3-13-26-17/h3-8,13H,2,9-12,14H2,1H3,(H,20,24)/p+1. The zero-order chi connectivity index (χ0) is 18.4. The van der Waals surface area contributed by atoms with E-state index in [4.69, 9.17) is 4.74 Å². The van der Waals surface area contributed by atoms with Crippen LogP contribution in [0.5, 0.6) is 0 Å². The molecule has 26 heavy (non-hydrogen) atoms. The molecule has 1 aromatic carbocycles. The Labute approximate surface area is 157 Å². The van der Waals surface area contributed by atoms with Crippen molar-refractivity contribution in [3.05, 3.63) is 52.2 Å². The summed E-state index contributed by atoms with van der Waals surface area (Å²) >= 11 is 1.79. The van der Waals surface area contributed by atoms with Crippen molar-refractivity contribution in [2.75, 3.05) is 38.1 Å². The number of nitrogens with one attached hydrogen (secondary N) is 2. The number of amides is 2. The minimum absolute atomic E-state index is 0.0443. The Morgan fingerprint density at radius 3 is 2.54 bits per heavy atom. The Kier molecular flexibility index (Phi) is 6.25. The number of hydrogen-bond acceptors (Lipinski definition) is 4. The molecule has 0 atom stereocenters. The number of ether oxygens (including phenoxy) is 1. The molecule has 0 aliphatic carbocycles. The second-order valence-corrected chi connectivity index (χ2v) is 7.25. The third-order valence-corrected chi connectivity index (χ3v) is 5.29. The predicted octanol–water partition coefficient (Wildman–Crippen LogP) is 1.86. The van der Waals surface area contributed by atoms with Gasteiger partial charge in [0.15, 0.2) is 0 Å². The first-order valence-electron chi connectivity index (χ1n) is 8.84. The second-order valence-electron chi connectivity index (χ2n) is 6.22. The van der Waals surface area contributed by atoms with Gasteiger partial charge in [0.05, 0.1) is 37.7 Å². The van der Waals surface area contributed by atoms with Crippen LogP contribution in [0.3, 0.4) is 0 Å². The number of thiophene rings is 1. The van der Waals surface area contributed by atoms with Gasteiger partial charge in [-0.05, 0) is 42.6 Å². The first-order valence-corrected chi connectivity index (χ1v) is 9.72. The summed E-state index contributed by atoms with van der Waals surface area (Å²) in [6.45, 7) is 6.57. The van der Waals surface area contributed by atoms with E-state index < -0.39 is 6.09 Å². The molecule has 2 N–H and O–H groups in total. The lowest BCUT2D eigenvalue weighted by molar-refractivity contribution is -0.917. The maximum atomic E-state index is 12.7. The quantitative estimate of drug-likeness (QED) is 0.840. The van der Waals surface area contributed by atoms with Crippen molar-refractivity contribution in [1.29, 1.82) is 0 Å². The van der Waals surface area contributed by atoms with Crippen LogP contribution in [0.1, 0.15) is 22.2 Å². The highest BCUT2D eigenvalue weighted by Gasteiger charge is 2.24. The molecule has 1 aliphatic heterocycles. The van der Waals surface area contributed by atoms with E-state index in [0.29, 0.717) is 17.9 Å². The van der Waals surface area contributed by atoms with E-state index in [0.717, 1.165) is 32.7 Å². The Morgan fingerprint density at radius 1 is 1.19 bits per heavy atom. The van der Waals surface area contributed by atoms with Gasteiger partial charge in [0, 0.05) is 11.3 Å². The molecule has 0 unspecified atom stereocenters. The summed E-state index contributed by atoms with van der Waals surface area (Å²) in [5.74, 6) is 0.0443. The number of hydrogen-bond donors (Lipinski definition) is 2. The average Bonchev–Trinajstić information content (AvgIpc) is 3.16. The molecule has 0 spiro atoms. The van der Waals surface area contributed by atoms with Gasteiger partial charge in [0.2, 0.25) is 0 Å². The minimum Gasteiger partial charge on any atom is -0.450 e. The SMILES string of the molecule is CCOC(=O)Nc1ccc(C(=O)N2CC[NH+](Cc3cccs3)CC2)cc1. The Balaban J connectivity index is 1.51. The highest BCUT2D eigenvalue weighted by atomic mass is 32.1. The van der Waals surface area contributed by atoms with Crippen molar-refractivity contribution >= 4 is 29.0 Å². The Hall–Kier alpha value is -2.38. The molecule has 6 nitrogen and oxygen atoms in total. The summed E-state index contributed by atoms with van der Waals surface area (Å²) in [5, 5.41) is 4.73. The largest absolute Gasteiger partial charge is 0.450 e. The number of quaternary nitrogens is 1. The summed E-state index contributed by atoms with van der Waals surface area (Å²) in [6.07, 6.45) is -0.489. The van der Waals surface area contributed by atoms with Crippen LogP contribution in [0.4, 0.5) is 10.5 Å². The summed E-state index contributed by atoms with van der Waals surface area (Å²) in [7, 11) is 0. The van der Waals surface area contributed by atoms with Crippen molar-refractivity contribution in [3.63, 3.8) is 0 Å². The third kappa shape index (κ3) is 4.83. The van der Waals surface area contributed by atoms with E-state index in [2.05, 4.69) is 22.8 Å². The predicted molar refractivity (Wildman–Crippen MR) is 102 cm³/mol. The van der Waals surface area contributed by atoms with Gasteiger partial charge in [-0.2, -0.15) is 0 Å². The van der Waals surface area contributed by atoms with Gasteiger partial charge in [0.25, 0.3) is 5.91 Å². The van der Waals surface area contributed by atoms with Crippen molar-refractivity contribution in [3.8, 4) is 0 Å². The van der Waals surface area contributed by atoms with E-state index in [1.165, 1.54) is 9.78 Å². The number of piperazine rings is 1. The number of carbonyl (C=O) groups is 2. The molecule has 1 aromatic heterocycles. The molecule has 138 valence electrons. The molecule has 2 amide bonds. The van der Waals surface area contributed by atoms with Crippen molar-refractivity contribution in [2.24, 2.45) is 0 Å². The number of nitrogens with zero attached hydrogens (tertiary/aromatic N) is 1. The lowest BCUT2D eigenvalue weighted by Crippen LogP contribution is -3.13. The van der Waals surface area contributed by atoms with Gasteiger partial charge < -0.3 is 14.5 Å². The van der Waals surface area contributed by atoms with Crippen LogP contribution in [0.15, 0.2) is 41.8 Å². The molecule has 1 aliphatic rings. The van der Waals surface area contributed by atoms with Crippen LogP contribution in [-0.2, 0) is 11.3 Å². The zero-order valence-electron chi connectivity index (χ0n) is 14.9. The van der Waals surface area contributed by atoms with Gasteiger partial charge in [0.1, 0.15) is 6.54 Å². The zero-order valence-corrected chi connectivity index (χ0v) is 15.7. The summed E-state index contributed by atoms with van der Waals surface area (Å²) in [5.41, 5.74) is 1.26. The van der Waals surface area contributed by atoms with E-state index >= 15 is 0 Å². The molecule has 0 radical (unpaired) electrons. The van der Waals surface area contributed by atoms with Gasteiger partial charge >= 0.3 is 6.09 Å². The summed E-state index contributed by atoms with van der Waals surface area (Å²) < 4.78 is 4.84. The Bertz CT molecular complexity index is 723. The second kappa shape index (κ2) is 8.82. The van der Waals surface area contributed by atoms with Crippen molar-refractivity contribution < 1.29 is 19.2 Å². The van der Waals surface area contributed by atoms with Gasteiger partial charge in [-0.3, -0.25) is 10.1 Å². The fourth-order valence-corrected chi connectivity index (χ4v) is 3.80. The van der Waals surface area contributed by atoms with Crippen molar-refractivity contribution in [2.45, 2.75) is 13.5 Å². The van der Waals surface area contributed by atoms with E-state index in [-0.39, 0.29) is 5.91 Å². The van der Waals surface area contributed by atoms with Crippen molar-refractivity contribution in [1.82, 2.24) is 4.90 Å². The minimum atomic E-state index is -0.489. The lowest BCUT2D eigenvalue weighted by Gasteiger charge is -2.32. The van der Waals surface area contributed by atoms with Gasteiger partial charge in [-0.1, -0.05) is 6.07 Å². The number of anilines is 1. The maximum absolute atomic E-state index is 12.7. The smallest absolute Gasteiger partial charge is 0.411 e. The molecule has 7 heteroatoms. The van der Waals surface area contributed by atoms with Crippen LogP contribution in [0.2, 0.25) is 0 Å². The number of rotatable bonds is 5. The monoisotopic (exact) mass is 374 g/mol. The number of carbonyl (C=O) groups excluding carboxylic acids is 2. The molecular formula is C19H24N3O3S+. The van der Waals surface area contributed by atoms with Crippen LogP contribution >= 0.6 is 11.3 Å². The molecule has 0 saturated carbocycles. The molecule has 1 fully saturated rings. The first kappa shape index (κ1) is 18.4. The molecule has 1 saturated heterocycles. The van der Waals surface area contributed by atoms with E-state index in [1.54, 1.807) is 42.5 Å². The van der Waals surface area contributed by atoms with Crippen LogP contribution < -0.4 is 10.2 Å².